The molecule has 0 saturated heterocycles. The van der Waals surface area contributed by atoms with Gasteiger partial charge < -0.3 is 15.2 Å². The molecule has 5 heteroatoms. The number of hydrogen-bond donors (Lipinski definition) is 2. The van der Waals surface area contributed by atoms with Gasteiger partial charge in [0.25, 0.3) is 0 Å². The van der Waals surface area contributed by atoms with Gasteiger partial charge in [0.2, 0.25) is 5.91 Å². The van der Waals surface area contributed by atoms with Gasteiger partial charge >= 0.3 is 5.97 Å². The quantitative estimate of drug-likeness (QED) is 0.647. The smallest absolute Gasteiger partial charge is 0.303 e. The molecule has 5 nitrogen and oxygen atoms in total. The van der Waals surface area contributed by atoms with Crippen LogP contribution in [0.2, 0.25) is 0 Å². The fraction of sp³-hybridized carbons (Fsp3) is 0.846. The van der Waals surface area contributed by atoms with Gasteiger partial charge in [0.15, 0.2) is 0 Å². The van der Waals surface area contributed by atoms with Crippen molar-refractivity contribution < 1.29 is 19.4 Å². The number of hydrogen-bond acceptors (Lipinski definition) is 3. The lowest BCUT2D eigenvalue weighted by Gasteiger charge is -2.26. The Hall–Kier alpha value is -1.10. The maximum Gasteiger partial charge on any atom is 0.303 e. The number of carboxylic acid groups (broad SMARTS) is 1. The zero-order valence-electron chi connectivity index (χ0n) is 11.0. The zero-order valence-corrected chi connectivity index (χ0v) is 11.0. The third-order valence-electron chi connectivity index (χ3n) is 3.50. The van der Waals surface area contributed by atoms with E-state index in [0.29, 0.717) is 26.2 Å². The highest BCUT2D eigenvalue weighted by Gasteiger charge is 2.37. The van der Waals surface area contributed by atoms with Crippen LogP contribution in [0.15, 0.2) is 0 Å². The summed E-state index contributed by atoms with van der Waals surface area (Å²) in [5.74, 6) is -0.864. The number of ether oxygens (including phenoxy) is 1. The maximum atomic E-state index is 11.8. The molecule has 0 aromatic heterocycles. The van der Waals surface area contributed by atoms with Crippen molar-refractivity contribution in [3.8, 4) is 0 Å². The van der Waals surface area contributed by atoms with Crippen molar-refractivity contribution in [1.29, 1.82) is 0 Å². The van der Waals surface area contributed by atoms with E-state index in [-0.39, 0.29) is 17.7 Å². The van der Waals surface area contributed by atoms with Crippen molar-refractivity contribution in [3.05, 3.63) is 0 Å². The van der Waals surface area contributed by atoms with Crippen LogP contribution in [0, 0.1) is 5.41 Å². The summed E-state index contributed by atoms with van der Waals surface area (Å²) < 4.78 is 5.13. The molecular weight excluding hydrogens is 234 g/mol. The van der Waals surface area contributed by atoms with Gasteiger partial charge in [-0.2, -0.15) is 0 Å². The number of carboxylic acids is 1. The van der Waals surface area contributed by atoms with Gasteiger partial charge in [-0.3, -0.25) is 9.59 Å². The predicted molar refractivity (Wildman–Crippen MR) is 67.3 cm³/mol. The van der Waals surface area contributed by atoms with Gasteiger partial charge in [-0.05, 0) is 25.2 Å². The predicted octanol–water partition coefficient (Wildman–Crippen LogP) is 1.56. The standard InChI is InChI=1S/C13H23NO4/c1-2-18-8-7-14-11(15)9-13(10-12(16)17)5-3-4-6-13/h2-10H2,1H3,(H,14,15)(H,16,17). The van der Waals surface area contributed by atoms with Crippen LogP contribution in [0.25, 0.3) is 0 Å². The van der Waals surface area contributed by atoms with E-state index in [1.54, 1.807) is 0 Å². The first-order valence-electron chi connectivity index (χ1n) is 6.64. The lowest BCUT2D eigenvalue weighted by Crippen LogP contribution is -2.33. The molecular formula is C13H23NO4. The Morgan fingerprint density at radius 1 is 1.28 bits per heavy atom. The van der Waals surface area contributed by atoms with Crippen LogP contribution in [0.4, 0.5) is 0 Å². The third-order valence-corrected chi connectivity index (χ3v) is 3.50. The van der Waals surface area contributed by atoms with Crippen LogP contribution in [-0.4, -0.2) is 36.7 Å². The molecule has 1 amide bonds. The second-order valence-electron chi connectivity index (χ2n) is 5.00. The van der Waals surface area contributed by atoms with Crippen molar-refractivity contribution in [3.63, 3.8) is 0 Å². The minimum absolute atomic E-state index is 0.0575. The monoisotopic (exact) mass is 257 g/mol. The lowest BCUT2D eigenvalue weighted by atomic mass is 9.79. The van der Waals surface area contributed by atoms with Crippen molar-refractivity contribution in [2.24, 2.45) is 5.41 Å². The fourth-order valence-corrected chi connectivity index (χ4v) is 2.67. The highest BCUT2D eigenvalue weighted by molar-refractivity contribution is 5.78. The van der Waals surface area contributed by atoms with Crippen molar-refractivity contribution in [2.45, 2.75) is 45.4 Å². The molecule has 2 N–H and O–H groups in total. The van der Waals surface area contributed by atoms with Crippen LogP contribution < -0.4 is 5.32 Å². The summed E-state index contributed by atoms with van der Waals surface area (Å²) in [6.07, 6.45) is 4.17. The minimum Gasteiger partial charge on any atom is -0.481 e. The molecule has 0 atom stereocenters. The molecule has 0 aromatic carbocycles. The van der Waals surface area contributed by atoms with Crippen LogP contribution in [0.3, 0.4) is 0 Å². The molecule has 0 spiro atoms. The van der Waals surface area contributed by atoms with Crippen LogP contribution >= 0.6 is 0 Å². The first-order chi connectivity index (χ1) is 8.58. The van der Waals surface area contributed by atoms with Crippen LogP contribution in [0.1, 0.15) is 45.4 Å². The topological polar surface area (TPSA) is 75.6 Å². The van der Waals surface area contributed by atoms with Crippen LogP contribution in [0.5, 0.6) is 0 Å². The Bertz CT molecular complexity index is 285. The van der Waals surface area contributed by atoms with Gasteiger partial charge in [0.1, 0.15) is 0 Å². The van der Waals surface area contributed by atoms with Gasteiger partial charge in [-0.25, -0.2) is 0 Å². The number of rotatable bonds is 8. The summed E-state index contributed by atoms with van der Waals surface area (Å²) in [6, 6.07) is 0. The molecule has 1 aliphatic rings. The second kappa shape index (κ2) is 7.36. The zero-order chi connectivity index (χ0) is 13.4. The largest absolute Gasteiger partial charge is 0.481 e. The van der Waals surface area contributed by atoms with Gasteiger partial charge in [0, 0.05) is 19.6 Å². The molecule has 104 valence electrons. The molecule has 1 aliphatic carbocycles. The molecule has 0 aliphatic heterocycles. The van der Waals surface area contributed by atoms with E-state index in [0.717, 1.165) is 25.7 Å². The van der Waals surface area contributed by atoms with Crippen LogP contribution in [-0.2, 0) is 14.3 Å². The Labute approximate surface area is 108 Å². The molecule has 1 saturated carbocycles. The van der Waals surface area contributed by atoms with E-state index in [4.69, 9.17) is 9.84 Å². The summed E-state index contributed by atoms with van der Waals surface area (Å²) >= 11 is 0. The molecule has 18 heavy (non-hydrogen) atoms. The number of amides is 1. The molecule has 0 aromatic rings. The lowest BCUT2D eigenvalue weighted by molar-refractivity contribution is -0.140. The maximum absolute atomic E-state index is 11.8. The highest BCUT2D eigenvalue weighted by atomic mass is 16.5. The molecule has 1 fully saturated rings. The molecule has 0 bridgehead atoms. The van der Waals surface area contributed by atoms with E-state index in [9.17, 15) is 9.59 Å². The average Bonchev–Trinajstić information content (AvgIpc) is 2.71. The third kappa shape index (κ3) is 5.04. The molecule has 0 unspecified atom stereocenters. The molecule has 0 heterocycles. The average molecular weight is 257 g/mol. The number of carbonyl (C=O) groups is 2. The fourth-order valence-electron chi connectivity index (χ4n) is 2.67. The summed E-state index contributed by atoms with van der Waals surface area (Å²) in [7, 11) is 0. The van der Waals surface area contributed by atoms with Gasteiger partial charge in [-0.1, -0.05) is 12.8 Å². The Morgan fingerprint density at radius 2 is 1.94 bits per heavy atom. The van der Waals surface area contributed by atoms with E-state index in [1.165, 1.54) is 0 Å². The summed E-state index contributed by atoms with van der Waals surface area (Å²) in [5.41, 5.74) is -0.318. The number of aliphatic carboxylic acids is 1. The first kappa shape index (κ1) is 15.0. The van der Waals surface area contributed by atoms with E-state index in [1.807, 2.05) is 6.92 Å². The van der Waals surface area contributed by atoms with E-state index >= 15 is 0 Å². The molecule has 0 radical (unpaired) electrons. The summed E-state index contributed by atoms with van der Waals surface area (Å²) in [4.78, 5) is 22.7. The normalized spacial score (nSPS) is 17.6. The second-order valence-corrected chi connectivity index (χ2v) is 5.00. The summed E-state index contributed by atoms with van der Waals surface area (Å²) in [5, 5.41) is 11.7. The Kier molecular flexibility index (Phi) is 6.12. The SMILES string of the molecule is CCOCCNC(=O)CC1(CC(=O)O)CCCC1. The Balaban J connectivity index is 2.36. The first-order valence-corrected chi connectivity index (χ1v) is 6.64. The molecule has 1 rings (SSSR count). The van der Waals surface area contributed by atoms with Crippen molar-refractivity contribution in [2.75, 3.05) is 19.8 Å². The van der Waals surface area contributed by atoms with E-state index < -0.39 is 5.97 Å². The summed E-state index contributed by atoms with van der Waals surface area (Å²) in [6.45, 7) is 3.55. The van der Waals surface area contributed by atoms with Crippen molar-refractivity contribution in [1.82, 2.24) is 5.32 Å². The van der Waals surface area contributed by atoms with Gasteiger partial charge in [0.05, 0.1) is 13.0 Å². The van der Waals surface area contributed by atoms with Crippen molar-refractivity contribution >= 4 is 11.9 Å². The Morgan fingerprint density at radius 3 is 2.50 bits per heavy atom. The number of nitrogens with one attached hydrogen (secondary N) is 1. The van der Waals surface area contributed by atoms with E-state index in [2.05, 4.69) is 5.32 Å². The number of carbonyl (C=O) groups excluding carboxylic acids is 1. The highest BCUT2D eigenvalue weighted by Crippen LogP contribution is 2.43. The minimum atomic E-state index is -0.806. The van der Waals surface area contributed by atoms with Gasteiger partial charge in [-0.15, -0.1) is 0 Å².